The summed E-state index contributed by atoms with van der Waals surface area (Å²) in [6.07, 6.45) is 3.05. The van der Waals surface area contributed by atoms with E-state index in [1.54, 1.807) is 14.2 Å². The number of nitrogens with zero attached hydrogens (tertiary/aromatic N) is 1. The molecule has 0 saturated heterocycles. The minimum absolute atomic E-state index is 0. The Hall–Kier alpha value is -1.02. The zero-order valence-electron chi connectivity index (χ0n) is 16.0. The lowest BCUT2D eigenvalue weighted by molar-refractivity contribution is 0.108. The summed E-state index contributed by atoms with van der Waals surface area (Å²) >= 11 is 0. The summed E-state index contributed by atoms with van der Waals surface area (Å²) < 4.78 is 10.8. The first-order valence-electron chi connectivity index (χ1n) is 8.81. The Bertz CT molecular complexity index is 481. The Morgan fingerprint density at radius 1 is 1.16 bits per heavy atom. The molecule has 5 nitrogen and oxygen atoms in total. The van der Waals surface area contributed by atoms with Crippen LogP contribution in [0, 0.1) is 5.92 Å². The molecule has 0 bridgehead atoms. The van der Waals surface area contributed by atoms with Gasteiger partial charge in [-0.1, -0.05) is 26.0 Å². The molecule has 0 radical (unpaired) electrons. The zero-order chi connectivity index (χ0) is 17.6. The maximum atomic E-state index is 5.57. The molecule has 0 aliphatic rings. The standard InChI is InChI=1S/C19H33N3O2.HI/c1-16(2)15-24-13-7-12-22-19(20-3)21-11-6-9-17-8-5-10-18(14-17)23-4;/h5,8,10,14,16H,6-7,9,11-13,15H2,1-4H3,(H2,20,21,22);1H. The van der Waals surface area contributed by atoms with Crippen LogP contribution in [0.5, 0.6) is 5.75 Å². The van der Waals surface area contributed by atoms with Gasteiger partial charge in [-0.3, -0.25) is 4.99 Å². The van der Waals surface area contributed by atoms with Gasteiger partial charge in [0.05, 0.1) is 7.11 Å². The lowest BCUT2D eigenvalue weighted by Crippen LogP contribution is -2.38. The van der Waals surface area contributed by atoms with Gasteiger partial charge in [-0.25, -0.2) is 0 Å². The second-order valence-electron chi connectivity index (χ2n) is 6.20. The van der Waals surface area contributed by atoms with Gasteiger partial charge in [0.25, 0.3) is 0 Å². The highest BCUT2D eigenvalue weighted by atomic mass is 127. The van der Waals surface area contributed by atoms with E-state index in [0.717, 1.165) is 57.3 Å². The van der Waals surface area contributed by atoms with Gasteiger partial charge in [-0.2, -0.15) is 0 Å². The number of aliphatic imine (C=N–C) groups is 1. The third kappa shape index (κ3) is 12.0. The van der Waals surface area contributed by atoms with E-state index >= 15 is 0 Å². The van der Waals surface area contributed by atoms with E-state index in [0.29, 0.717) is 5.92 Å². The van der Waals surface area contributed by atoms with Crippen molar-refractivity contribution in [2.24, 2.45) is 10.9 Å². The van der Waals surface area contributed by atoms with Crippen LogP contribution in [0.1, 0.15) is 32.3 Å². The Kier molecular flexibility index (Phi) is 14.6. The van der Waals surface area contributed by atoms with E-state index < -0.39 is 0 Å². The Morgan fingerprint density at radius 2 is 1.88 bits per heavy atom. The van der Waals surface area contributed by atoms with Crippen LogP contribution < -0.4 is 15.4 Å². The van der Waals surface area contributed by atoms with Crippen LogP contribution in [0.4, 0.5) is 0 Å². The molecule has 0 amide bonds. The minimum atomic E-state index is 0. The first-order chi connectivity index (χ1) is 11.7. The average Bonchev–Trinajstić information content (AvgIpc) is 2.59. The number of hydrogen-bond donors (Lipinski definition) is 2. The van der Waals surface area contributed by atoms with Crippen molar-refractivity contribution >= 4 is 29.9 Å². The molecule has 0 unspecified atom stereocenters. The Labute approximate surface area is 170 Å². The number of benzene rings is 1. The predicted molar refractivity (Wildman–Crippen MR) is 116 cm³/mol. The van der Waals surface area contributed by atoms with Crippen LogP contribution in [0.15, 0.2) is 29.3 Å². The van der Waals surface area contributed by atoms with Crippen molar-refractivity contribution < 1.29 is 9.47 Å². The molecule has 0 atom stereocenters. The van der Waals surface area contributed by atoms with Crippen LogP contribution in [0.3, 0.4) is 0 Å². The molecule has 0 heterocycles. The zero-order valence-corrected chi connectivity index (χ0v) is 18.3. The molecule has 0 spiro atoms. The van der Waals surface area contributed by atoms with Crippen molar-refractivity contribution in [3.05, 3.63) is 29.8 Å². The third-order valence-corrected chi connectivity index (χ3v) is 3.50. The molecule has 6 heteroatoms. The molecule has 25 heavy (non-hydrogen) atoms. The molecule has 0 aliphatic carbocycles. The molecule has 2 N–H and O–H groups in total. The summed E-state index contributed by atoms with van der Waals surface area (Å²) in [6.45, 7) is 7.70. The SMILES string of the molecule is CN=C(NCCCOCC(C)C)NCCCc1cccc(OC)c1.I. The number of hydrogen-bond acceptors (Lipinski definition) is 3. The van der Waals surface area contributed by atoms with E-state index in [1.165, 1.54) is 5.56 Å². The fourth-order valence-electron chi connectivity index (χ4n) is 2.25. The molecule has 1 rings (SSSR count). The topological polar surface area (TPSA) is 54.9 Å². The molecule has 0 fully saturated rings. The van der Waals surface area contributed by atoms with Crippen molar-refractivity contribution in [3.63, 3.8) is 0 Å². The highest BCUT2D eigenvalue weighted by Crippen LogP contribution is 2.13. The Morgan fingerprint density at radius 3 is 2.52 bits per heavy atom. The largest absolute Gasteiger partial charge is 0.497 e. The van der Waals surface area contributed by atoms with Gasteiger partial charge < -0.3 is 20.1 Å². The van der Waals surface area contributed by atoms with Crippen molar-refractivity contribution in [2.75, 3.05) is 40.5 Å². The van der Waals surface area contributed by atoms with E-state index in [9.17, 15) is 0 Å². The fraction of sp³-hybridized carbons (Fsp3) is 0.632. The molecule has 0 aliphatic heterocycles. The van der Waals surface area contributed by atoms with Gasteiger partial charge in [-0.05, 0) is 42.9 Å². The smallest absolute Gasteiger partial charge is 0.190 e. The maximum absolute atomic E-state index is 5.57. The van der Waals surface area contributed by atoms with Crippen LogP contribution in [0.25, 0.3) is 0 Å². The van der Waals surface area contributed by atoms with Gasteiger partial charge in [0.1, 0.15) is 5.75 Å². The summed E-state index contributed by atoms with van der Waals surface area (Å²) in [5, 5.41) is 6.66. The molecule has 0 aromatic heterocycles. The van der Waals surface area contributed by atoms with Crippen molar-refractivity contribution in [3.8, 4) is 5.75 Å². The van der Waals surface area contributed by atoms with Crippen molar-refractivity contribution in [2.45, 2.75) is 33.1 Å². The lowest BCUT2D eigenvalue weighted by atomic mass is 10.1. The van der Waals surface area contributed by atoms with Crippen LogP contribution in [-0.2, 0) is 11.2 Å². The highest BCUT2D eigenvalue weighted by molar-refractivity contribution is 14.0. The van der Waals surface area contributed by atoms with Gasteiger partial charge in [0.15, 0.2) is 5.96 Å². The molecule has 1 aromatic rings. The second kappa shape index (κ2) is 15.3. The van der Waals surface area contributed by atoms with Gasteiger partial charge in [-0.15, -0.1) is 24.0 Å². The number of methoxy groups -OCH3 is 1. The molecule has 144 valence electrons. The van der Waals surface area contributed by atoms with Crippen molar-refractivity contribution in [1.82, 2.24) is 10.6 Å². The predicted octanol–water partition coefficient (Wildman–Crippen LogP) is 3.47. The van der Waals surface area contributed by atoms with Crippen molar-refractivity contribution in [1.29, 1.82) is 0 Å². The fourth-order valence-corrected chi connectivity index (χ4v) is 2.25. The van der Waals surface area contributed by atoms with Crippen LogP contribution >= 0.6 is 24.0 Å². The van der Waals surface area contributed by atoms with Gasteiger partial charge in [0, 0.05) is 33.4 Å². The summed E-state index contributed by atoms with van der Waals surface area (Å²) in [6, 6.07) is 8.22. The first kappa shape index (κ1) is 24.0. The van der Waals surface area contributed by atoms with E-state index in [-0.39, 0.29) is 24.0 Å². The number of guanidine groups is 1. The Balaban J connectivity index is 0.00000576. The van der Waals surface area contributed by atoms with E-state index in [4.69, 9.17) is 9.47 Å². The number of halogens is 1. The average molecular weight is 463 g/mol. The van der Waals surface area contributed by atoms with Gasteiger partial charge in [0.2, 0.25) is 0 Å². The molecule has 0 saturated carbocycles. The monoisotopic (exact) mass is 463 g/mol. The number of rotatable bonds is 11. The third-order valence-electron chi connectivity index (χ3n) is 3.50. The van der Waals surface area contributed by atoms with Crippen LogP contribution in [-0.4, -0.2) is 46.4 Å². The molecular weight excluding hydrogens is 429 g/mol. The van der Waals surface area contributed by atoms with Crippen LogP contribution in [0.2, 0.25) is 0 Å². The number of aryl methyl sites for hydroxylation is 1. The van der Waals surface area contributed by atoms with E-state index in [2.05, 4.69) is 41.6 Å². The number of nitrogens with one attached hydrogen (secondary N) is 2. The molecule has 1 aromatic carbocycles. The maximum Gasteiger partial charge on any atom is 0.190 e. The summed E-state index contributed by atoms with van der Waals surface area (Å²) in [4.78, 5) is 4.24. The normalized spacial score (nSPS) is 11.2. The minimum Gasteiger partial charge on any atom is -0.497 e. The quantitative estimate of drug-likeness (QED) is 0.229. The highest BCUT2D eigenvalue weighted by Gasteiger charge is 1.99. The summed E-state index contributed by atoms with van der Waals surface area (Å²) in [5.74, 6) is 2.36. The summed E-state index contributed by atoms with van der Waals surface area (Å²) in [7, 11) is 3.50. The lowest BCUT2D eigenvalue weighted by Gasteiger charge is -2.12. The number of ether oxygens (including phenoxy) is 2. The van der Waals surface area contributed by atoms with Gasteiger partial charge >= 0.3 is 0 Å². The molecular formula is C19H34IN3O2. The van der Waals surface area contributed by atoms with E-state index in [1.807, 2.05) is 12.1 Å². The summed E-state index contributed by atoms with van der Waals surface area (Å²) in [5.41, 5.74) is 1.29. The second-order valence-corrected chi connectivity index (χ2v) is 6.20. The first-order valence-corrected chi connectivity index (χ1v) is 8.81.